The van der Waals surface area contributed by atoms with Gasteiger partial charge in [0.2, 0.25) is 0 Å². The average molecular weight is 694 g/mol. The normalized spacial score (nSPS) is 16.2. The Hall–Kier alpha value is -3.53. The fourth-order valence-corrected chi connectivity index (χ4v) is 4.83. The number of para-hydroxylation sites is 1. The van der Waals surface area contributed by atoms with Gasteiger partial charge in [-0.3, -0.25) is 0 Å². The van der Waals surface area contributed by atoms with Crippen LogP contribution in [0.1, 0.15) is 19.4 Å². The van der Waals surface area contributed by atoms with Gasteiger partial charge in [0.25, 0.3) is 0 Å². The van der Waals surface area contributed by atoms with E-state index in [2.05, 4.69) is 104 Å². The summed E-state index contributed by atoms with van der Waals surface area (Å²) in [7, 11) is 4.11. The number of hydrogen-bond acceptors (Lipinski definition) is 5. The van der Waals surface area contributed by atoms with Gasteiger partial charge in [-0.15, -0.1) is 53.3 Å². The Bertz CT molecular complexity index is 1490. The first-order valence-electron chi connectivity index (χ1n) is 12.7. The fraction of sp³-hybridized carbons (Fsp3) is 0.152. The number of anilines is 3. The van der Waals surface area contributed by atoms with Gasteiger partial charge < -0.3 is 24.3 Å². The fourth-order valence-electron chi connectivity index (χ4n) is 4.83. The quantitative estimate of drug-likeness (QED) is 0.201. The Balaban J connectivity index is 0.00000308. The van der Waals surface area contributed by atoms with Crippen molar-refractivity contribution in [3.8, 4) is 22.6 Å². The first kappa shape index (κ1) is 27.1. The van der Waals surface area contributed by atoms with Crippen molar-refractivity contribution in [2.45, 2.75) is 19.4 Å². The van der Waals surface area contributed by atoms with E-state index in [9.17, 15) is 0 Å². The second kappa shape index (κ2) is 10.9. The van der Waals surface area contributed by atoms with Crippen molar-refractivity contribution in [3.05, 3.63) is 128 Å². The summed E-state index contributed by atoms with van der Waals surface area (Å²) < 4.78 is 6.41. The molecule has 0 saturated carbocycles. The van der Waals surface area contributed by atoms with E-state index in [1.165, 1.54) is 5.56 Å². The van der Waals surface area contributed by atoms with Crippen molar-refractivity contribution >= 4 is 17.1 Å². The average Bonchev–Trinajstić information content (AvgIpc) is 3.38. The summed E-state index contributed by atoms with van der Waals surface area (Å²) in [5.41, 5.74) is 6.25. The minimum atomic E-state index is -0.131. The third-order valence-corrected chi connectivity index (χ3v) is 7.21. The van der Waals surface area contributed by atoms with Crippen LogP contribution in [-0.2, 0) is 26.6 Å². The van der Waals surface area contributed by atoms with E-state index in [0.717, 1.165) is 28.2 Å². The third-order valence-electron chi connectivity index (χ3n) is 7.21. The van der Waals surface area contributed by atoms with Crippen LogP contribution < -0.4 is 14.5 Å². The number of rotatable bonds is 5. The van der Waals surface area contributed by atoms with Crippen LogP contribution in [0.5, 0.6) is 11.5 Å². The monoisotopic (exact) mass is 693 g/mol. The van der Waals surface area contributed by atoms with Crippen LogP contribution >= 0.6 is 0 Å². The molecular formula is C33H30N4OPt. The molecule has 0 bridgehead atoms. The van der Waals surface area contributed by atoms with Gasteiger partial charge in [-0.25, -0.2) is 0 Å². The van der Waals surface area contributed by atoms with Crippen LogP contribution in [0.15, 0.2) is 97.3 Å². The van der Waals surface area contributed by atoms with E-state index >= 15 is 0 Å². The Kier molecular flexibility index (Phi) is 7.57. The van der Waals surface area contributed by atoms with Gasteiger partial charge in [-0.2, -0.15) is 19.4 Å². The van der Waals surface area contributed by atoms with Crippen LogP contribution in [-0.4, -0.2) is 23.9 Å². The molecule has 2 heterocycles. The SMILES string of the molecule is CN1C=CN(c2[c-]c(Oc3[c-]c(N4[CH-]N(C)C(C)(C)c5ccccc54)cc(-c4ccccc4)c3)ccc2)[CH-]1.[Pt+4]. The second-order valence-corrected chi connectivity index (χ2v) is 10.1. The molecule has 0 aliphatic carbocycles. The molecule has 0 spiro atoms. The maximum atomic E-state index is 6.41. The molecule has 0 aromatic heterocycles. The second-order valence-electron chi connectivity index (χ2n) is 10.1. The minimum Gasteiger partial charge on any atom is -0.510 e. The van der Waals surface area contributed by atoms with Crippen LogP contribution in [0.3, 0.4) is 0 Å². The topological polar surface area (TPSA) is 22.2 Å². The van der Waals surface area contributed by atoms with Crippen molar-refractivity contribution in [1.29, 1.82) is 0 Å². The summed E-state index contributed by atoms with van der Waals surface area (Å²) in [4.78, 5) is 8.45. The number of nitrogens with zero attached hydrogens (tertiary/aromatic N) is 4. The summed E-state index contributed by atoms with van der Waals surface area (Å²) in [5.74, 6) is 1.26. The predicted molar refractivity (Wildman–Crippen MR) is 153 cm³/mol. The zero-order chi connectivity index (χ0) is 26.3. The number of benzene rings is 4. The summed E-state index contributed by atoms with van der Waals surface area (Å²) in [6.07, 6.45) is 3.99. The maximum absolute atomic E-state index is 6.41. The molecule has 6 heteroatoms. The Morgan fingerprint density at radius 1 is 0.718 bits per heavy atom. The molecule has 2 aliphatic rings. The minimum absolute atomic E-state index is 0. The molecule has 0 amide bonds. The van der Waals surface area contributed by atoms with Gasteiger partial charge >= 0.3 is 21.1 Å². The van der Waals surface area contributed by atoms with E-state index < -0.39 is 0 Å². The van der Waals surface area contributed by atoms with Crippen molar-refractivity contribution < 1.29 is 25.8 Å². The van der Waals surface area contributed by atoms with Gasteiger partial charge in [-0.05, 0) is 57.5 Å². The molecule has 6 rings (SSSR count). The van der Waals surface area contributed by atoms with E-state index in [0.29, 0.717) is 11.5 Å². The molecule has 0 saturated heterocycles. The van der Waals surface area contributed by atoms with E-state index in [-0.39, 0.29) is 26.6 Å². The summed E-state index contributed by atoms with van der Waals surface area (Å²) in [5, 5.41) is 0. The standard InChI is InChI=1S/C33H30N4O.Pt/c1-33(2)31-15-8-9-16-32(31)37(24-35(33)4)28-19-26(25-11-6-5-7-12-25)20-30(22-28)38-29-14-10-13-27(21-29)36-18-17-34(3)23-36;/h5-20,23-24H,1-4H3;/q-4;+4. The van der Waals surface area contributed by atoms with Gasteiger partial charge in [-0.1, -0.05) is 48.5 Å². The summed E-state index contributed by atoms with van der Waals surface area (Å²) in [6, 6.07) is 36.0. The van der Waals surface area contributed by atoms with Crippen LogP contribution in [0.2, 0.25) is 0 Å². The third kappa shape index (κ3) is 5.34. The number of hydrogen-bond donors (Lipinski definition) is 0. The first-order chi connectivity index (χ1) is 18.4. The molecule has 5 nitrogen and oxygen atoms in total. The summed E-state index contributed by atoms with van der Waals surface area (Å²) >= 11 is 0. The van der Waals surface area contributed by atoms with Crippen LogP contribution in [0, 0.1) is 25.5 Å². The van der Waals surface area contributed by atoms with Crippen LogP contribution in [0.4, 0.5) is 17.1 Å². The molecule has 39 heavy (non-hydrogen) atoms. The largest absolute Gasteiger partial charge is 4.00 e. The first-order valence-corrected chi connectivity index (χ1v) is 12.7. The molecule has 0 atom stereocenters. The van der Waals surface area contributed by atoms with E-state index in [1.54, 1.807) is 0 Å². The van der Waals surface area contributed by atoms with Gasteiger partial charge in [0.05, 0.1) is 0 Å². The Morgan fingerprint density at radius 2 is 1.46 bits per heavy atom. The van der Waals surface area contributed by atoms with Crippen molar-refractivity contribution in [2.75, 3.05) is 23.9 Å². The van der Waals surface area contributed by atoms with E-state index in [1.807, 2.05) is 66.2 Å². The Labute approximate surface area is 246 Å². The van der Waals surface area contributed by atoms with Crippen LogP contribution in [0.25, 0.3) is 11.1 Å². The molecule has 198 valence electrons. The molecule has 4 aromatic rings. The molecule has 0 N–H and O–H groups in total. The zero-order valence-electron chi connectivity index (χ0n) is 22.4. The molecule has 2 aliphatic heterocycles. The molecule has 0 radical (unpaired) electrons. The molecule has 4 aromatic carbocycles. The molecule has 0 unspecified atom stereocenters. The molecular weight excluding hydrogens is 663 g/mol. The number of fused-ring (bicyclic) bond motifs is 1. The maximum Gasteiger partial charge on any atom is 4.00 e. The summed E-state index contributed by atoms with van der Waals surface area (Å²) in [6.45, 7) is 8.63. The van der Waals surface area contributed by atoms with Gasteiger partial charge in [0.1, 0.15) is 0 Å². The zero-order valence-corrected chi connectivity index (χ0v) is 24.7. The van der Waals surface area contributed by atoms with Gasteiger partial charge in [0.15, 0.2) is 0 Å². The number of ether oxygens (including phenoxy) is 1. The van der Waals surface area contributed by atoms with E-state index in [4.69, 9.17) is 4.74 Å². The van der Waals surface area contributed by atoms with Crippen molar-refractivity contribution in [3.63, 3.8) is 0 Å². The predicted octanol–water partition coefficient (Wildman–Crippen LogP) is 7.52. The van der Waals surface area contributed by atoms with Gasteiger partial charge in [0, 0.05) is 22.7 Å². The smallest absolute Gasteiger partial charge is 0.510 e. The van der Waals surface area contributed by atoms with Crippen molar-refractivity contribution in [2.24, 2.45) is 0 Å². The molecule has 0 fully saturated rings. The Morgan fingerprint density at radius 3 is 2.23 bits per heavy atom. The van der Waals surface area contributed by atoms with Crippen molar-refractivity contribution in [1.82, 2.24) is 9.80 Å².